The molecule has 1 aromatic rings. The molecule has 4 N–H and O–H groups in total. The van der Waals surface area contributed by atoms with E-state index in [1.807, 2.05) is 0 Å². The average molecular weight is 422 g/mol. The summed E-state index contributed by atoms with van der Waals surface area (Å²) in [5.74, 6) is -0.411. The maximum absolute atomic E-state index is 13.2. The summed E-state index contributed by atoms with van der Waals surface area (Å²) in [5, 5.41) is 13.1. The summed E-state index contributed by atoms with van der Waals surface area (Å²) in [5.41, 5.74) is 3.81. The van der Waals surface area contributed by atoms with Gasteiger partial charge in [-0.2, -0.15) is 0 Å². The highest BCUT2D eigenvalue weighted by Crippen LogP contribution is 2.39. The summed E-state index contributed by atoms with van der Waals surface area (Å²) in [7, 11) is -3.44. The van der Waals surface area contributed by atoms with Gasteiger partial charge in [-0.3, -0.25) is 14.2 Å². The van der Waals surface area contributed by atoms with Crippen molar-refractivity contribution in [2.75, 3.05) is 11.1 Å². The van der Waals surface area contributed by atoms with E-state index in [0.717, 1.165) is 44.2 Å². The molecule has 8 heteroatoms. The molecule has 0 radical (unpaired) electrons. The van der Waals surface area contributed by atoms with Crippen molar-refractivity contribution >= 4 is 27.9 Å². The molecule has 1 aromatic carbocycles. The first kappa shape index (κ1) is 20.3. The summed E-state index contributed by atoms with van der Waals surface area (Å²) in [4.78, 5) is 25.3. The molecule has 3 amide bonds. The van der Waals surface area contributed by atoms with Crippen LogP contribution in [0, 0.1) is 5.41 Å². The molecule has 0 bridgehead atoms. The number of carbonyl (C=O) groups excluding carboxylic acids is 2. The minimum atomic E-state index is -3.44. The Hall–Kier alpha value is -1.93. The van der Waals surface area contributed by atoms with E-state index in [1.54, 1.807) is 20.8 Å². The number of nitrogens with one attached hydrogen (secondary N) is 3. The SMILES string of the molecule is CC(C)(O)CC1(C)C[SH](=O)(NC(=O)Nc2c3c(cc4c2CCC4)CCC3)NC1=O. The fraction of sp³-hybridized carbons (Fsp3) is 0.619. The number of anilines is 1. The number of amides is 3. The minimum absolute atomic E-state index is 0.0127. The van der Waals surface area contributed by atoms with Gasteiger partial charge in [0.15, 0.2) is 0 Å². The maximum Gasteiger partial charge on any atom is 0.330 e. The lowest BCUT2D eigenvalue weighted by molar-refractivity contribution is -0.128. The Bertz CT molecular complexity index is 905. The molecule has 160 valence electrons. The van der Waals surface area contributed by atoms with E-state index in [1.165, 1.54) is 22.3 Å². The van der Waals surface area contributed by atoms with Crippen molar-refractivity contribution in [3.8, 4) is 0 Å². The second kappa shape index (κ2) is 6.80. The molecule has 7 nitrogen and oxygen atoms in total. The van der Waals surface area contributed by atoms with Crippen LogP contribution in [-0.2, 0) is 40.8 Å². The van der Waals surface area contributed by atoms with E-state index in [9.17, 15) is 18.9 Å². The average Bonchev–Trinajstić information content (AvgIpc) is 3.24. The second-order valence-electron chi connectivity index (χ2n) is 9.69. The molecule has 1 atom stereocenters. The molecule has 2 aliphatic carbocycles. The van der Waals surface area contributed by atoms with Crippen LogP contribution in [0.25, 0.3) is 0 Å². The standard InChI is InChI=1S/C21H31N3O4S/c1-20(2,27)11-21(3)12-29(28,23-18(21)25)24-19(26)22-17-15-8-4-6-13(15)10-14-7-5-9-16(14)17/h10,27,29H,4-9,11-12H2,1-3H3,(H3,22,23,24,25,26,28). The van der Waals surface area contributed by atoms with Gasteiger partial charge in [-0.15, -0.1) is 0 Å². The fourth-order valence-corrected chi connectivity index (χ4v) is 7.77. The molecular weight excluding hydrogens is 390 g/mol. The van der Waals surface area contributed by atoms with Crippen LogP contribution in [0.15, 0.2) is 6.07 Å². The molecule has 3 aliphatic rings. The van der Waals surface area contributed by atoms with Gasteiger partial charge in [0.2, 0.25) is 5.91 Å². The van der Waals surface area contributed by atoms with E-state index in [2.05, 4.69) is 20.8 Å². The molecule has 1 heterocycles. The van der Waals surface area contributed by atoms with Crippen LogP contribution in [-0.4, -0.2) is 32.6 Å². The zero-order chi connectivity index (χ0) is 21.0. The van der Waals surface area contributed by atoms with Crippen LogP contribution in [0.5, 0.6) is 0 Å². The van der Waals surface area contributed by atoms with Gasteiger partial charge < -0.3 is 10.4 Å². The van der Waals surface area contributed by atoms with Gasteiger partial charge in [-0.25, -0.2) is 9.00 Å². The first-order valence-electron chi connectivity index (χ1n) is 10.4. The molecule has 0 aromatic heterocycles. The van der Waals surface area contributed by atoms with Crippen molar-refractivity contribution in [1.82, 2.24) is 9.44 Å². The van der Waals surface area contributed by atoms with Crippen molar-refractivity contribution in [3.63, 3.8) is 0 Å². The highest BCUT2D eigenvalue weighted by Gasteiger charge is 2.48. The van der Waals surface area contributed by atoms with Crippen molar-refractivity contribution in [3.05, 3.63) is 28.3 Å². The van der Waals surface area contributed by atoms with Gasteiger partial charge >= 0.3 is 6.03 Å². The van der Waals surface area contributed by atoms with Gasteiger partial charge in [-0.1, -0.05) is 6.07 Å². The Labute approximate surface area is 172 Å². The smallest absolute Gasteiger partial charge is 0.330 e. The van der Waals surface area contributed by atoms with Crippen LogP contribution in [0.2, 0.25) is 0 Å². The number of aliphatic hydroxyl groups is 1. The number of hydrogen-bond donors (Lipinski definition) is 5. The lowest BCUT2D eigenvalue weighted by atomic mass is 9.81. The largest absolute Gasteiger partial charge is 0.390 e. The molecule has 0 saturated carbocycles. The third-order valence-electron chi connectivity index (χ3n) is 6.22. The molecule has 1 unspecified atom stereocenters. The topological polar surface area (TPSA) is 108 Å². The third-order valence-corrected chi connectivity index (χ3v) is 8.49. The van der Waals surface area contributed by atoms with Crippen molar-refractivity contribution in [2.45, 2.75) is 71.3 Å². The molecule has 4 rings (SSSR count). The highest BCUT2D eigenvalue weighted by molar-refractivity contribution is 8.00. The van der Waals surface area contributed by atoms with Gasteiger partial charge in [0, 0.05) is 21.7 Å². The molecular formula is C21H31N3O4S. The second-order valence-corrected chi connectivity index (χ2v) is 11.9. The van der Waals surface area contributed by atoms with Gasteiger partial charge in [0.25, 0.3) is 0 Å². The van der Waals surface area contributed by atoms with E-state index < -0.39 is 33.3 Å². The minimum Gasteiger partial charge on any atom is -0.390 e. The Kier molecular flexibility index (Phi) is 4.77. The monoisotopic (exact) mass is 421 g/mol. The van der Waals surface area contributed by atoms with Crippen LogP contribution in [0.1, 0.15) is 62.3 Å². The number of rotatable bonds is 4. The Balaban J connectivity index is 1.52. The lowest BCUT2D eigenvalue weighted by Gasteiger charge is -2.28. The molecule has 0 spiro atoms. The quantitative estimate of drug-likeness (QED) is 0.479. The van der Waals surface area contributed by atoms with E-state index in [0.29, 0.717) is 0 Å². The van der Waals surface area contributed by atoms with E-state index in [-0.39, 0.29) is 12.2 Å². The van der Waals surface area contributed by atoms with Crippen LogP contribution in [0.3, 0.4) is 0 Å². The van der Waals surface area contributed by atoms with E-state index >= 15 is 0 Å². The zero-order valence-electron chi connectivity index (χ0n) is 17.4. The molecule has 1 fully saturated rings. The lowest BCUT2D eigenvalue weighted by Crippen LogP contribution is -2.47. The summed E-state index contributed by atoms with van der Waals surface area (Å²) in [6.07, 6.45) is 6.27. The van der Waals surface area contributed by atoms with Crippen LogP contribution >= 0.6 is 0 Å². The summed E-state index contributed by atoms with van der Waals surface area (Å²) in [6.45, 7) is 4.91. The Morgan fingerprint density at radius 3 is 2.34 bits per heavy atom. The molecule has 1 saturated heterocycles. The van der Waals surface area contributed by atoms with Crippen molar-refractivity contribution in [1.29, 1.82) is 0 Å². The van der Waals surface area contributed by atoms with Gasteiger partial charge in [0.05, 0.1) is 11.0 Å². The molecule has 1 aliphatic heterocycles. The summed E-state index contributed by atoms with van der Waals surface area (Å²) < 4.78 is 18.3. The van der Waals surface area contributed by atoms with Crippen molar-refractivity contribution < 1.29 is 18.9 Å². The Morgan fingerprint density at radius 1 is 1.21 bits per heavy atom. The first-order chi connectivity index (χ1) is 13.5. The number of carbonyl (C=O) groups is 2. The first-order valence-corrected chi connectivity index (χ1v) is 12.3. The zero-order valence-corrected chi connectivity index (χ0v) is 18.2. The van der Waals surface area contributed by atoms with Crippen LogP contribution in [0.4, 0.5) is 10.5 Å². The number of hydrogen-bond acceptors (Lipinski definition) is 4. The number of thiol groups is 1. The predicted molar refractivity (Wildman–Crippen MR) is 114 cm³/mol. The maximum atomic E-state index is 13.2. The van der Waals surface area contributed by atoms with E-state index in [4.69, 9.17) is 0 Å². The highest BCUT2D eigenvalue weighted by atomic mass is 32.3. The number of fused-ring (bicyclic) bond motifs is 2. The summed E-state index contributed by atoms with van der Waals surface area (Å²) in [6, 6.07) is 1.74. The predicted octanol–water partition coefficient (Wildman–Crippen LogP) is 1.93. The molecule has 29 heavy (non-hydrogen) atoms. The number of benzene rings is 1. The third kappa shape index (κ3) is 3.92. The number of aryl methyl sites for hydroxylation is 2. The van der Waals surface area contributed by atoms with Gasteiger partial charge in [-0.05, 0) is 88.0 Å². The normalized spacial score (nSPS) is 25.9. The fourth-order valence-electron chi connectivity index (χ4n) is 5.33. The van der Waals surface area contributed by atoms with Crippen molar-refractivity contribution in [2.24, 2.45) is 5.41 Å². The Morgan fingerprint density at radius 2 is 1.79 bits per heavy atom. The number of urea groups is 1. The van der Waals surface area contributed by atoms with Crippen LogP contribution < -0.4 is 14.8 Å². The van der Waals surface area contributed by atoms with Gasteiger partial charge in [0.1, 0.15) is 0 Å². The summed E-state index contributed by atoms with van der Waals surface area (Å²) >= 11 is 0.